The van der Waals surface area contributed by atoms with Gasteiger partial charge in [0.15, 0.2) is 16.2 Å². The zero-order valence-electron chi connectivity index (χ0n) is 17.9. The van der Waals surface area contributed by atoms with E-state index >= 15 is 0 Å². The van der Waals surface area contributed by atoms with Crippen molar-refractivity contribution >= 4 is 23.3 Å². The normalized spacial score (nSPS) is 13.8. The van der Waals surface area contributed by atoms with Gasteiger partial charge in [-0.15, -0.1) is 0 Å². The molecule has 0 spiro atoms. The Hall–Kier alpha value is -3.59. The van der Waals surface area contributed by atoms with Crippen LogP contribution in [0.5, 0.6) is 0 Å². The number of H-pyrrole nitrogens is 1. The molecular weight excluding hydrogens is 420 g/mol. The summed E-state index contributed by atoms with van der Waals surface area (Å²) in [6.45, 7) is 2.70. The third-order valence-corrected chi connectivity index (χ3v) is 6.24. The SMILES string of the molecule is Cc1nn(C)c2nc(C3CC3)cc(-c3n[nH]c(=S)n3-c3cnn(Cc4ccccc4)c3)c12. The van der Waals surface area contributed by atoms with Gasteiger partial charge in [0.1, 0.15) is 0 Å². The highest BCUT2D eigenvalue weighted by atomic mass is 32.1. The molecule has 0 aliphatic heterocycles. The smallest absolute Gasteiger partial charge is 0.200 e. The molecule has 0 atom stereocenters. The highest BCUT2D eigenvalue weighted by molar-refractivity contribution is 7.71. The van der Waals surface area contributed by atoms with E-state index in [1.165, 1.54) is 18.4 Å². The van der Waals surface area contributed by atoms with E-state index in [0.29, 0.717) is 17.2 Å². The lowest BCUT2D eigenvalue weighted by Gasteiger charge is -2.09. The Bertz CT molecular complexity index is 1500. The molecule has 160 valence electrons. The molecule has 6 rings (SSSR count). The molecule has 0 amide bonds. The van der Waals surface area contributed by atoms with Crippen LogP contribution < -0.4 is 0 Å². The summed E-state index contributed by atoms with van der Waals surface area (Å²) in [5, 5.41) is 17.8. The lowest BCUT2D eigenvalue weighted by molar-refractivity contribution is 0.686. The summed E-state index contributed by atoms with van der Waals surface area (Å²) in [6.07, 6.45) is 6.17. The highest BCUT2D eigenvalue weighted by Crippen LogP contribution is 2.42. The van der Waals surface area contributed by atoms with Crippen LogP contribution in [0.4, 0.5) is 0 Å². The predicted octanol–water partition coefficient (Wildman–Crippen LogP) is 4.31. The van der Waals surface area contributed by atoms with E-state index in [2.05, 4.69) is 38.6 Å². The van der Waals surface area contributed by atoms with Crippen molar-refractivity contribution in [3.63, 3.8) is 0 Å². The van der Waals surface area contributed by atoms with Gasteiger partial charge in [-0.2, -0.15) is 15.3 Å². The molecule has 1 saturated carbocycles. The molecule has 4 aromatic heterocycles. The number of nitrogens with zero attached hydrogens (tertiary/aromatic N) is 7. The Kier molecular flexibility index (Phi) is 4.32. The van der Waals surface area contributed by atoms with Gasteiger partial charge in [0.25, 0.3) is 0 Å². The topological polar surface area (TPSA) is 82.1 Å². The molecule has 4 heterocycles. The summed E-state index contributed by atoms with van der Waals surface area (Å²) >= 11 is 5.62. The first kappa shape index (κ1) is 19.1. The zero-order chi connectivity index (χ0) is 21.8. The average molecular weight is 443 g/mol. The molecule has 0 saturated heterocycles. The Balaban J connectivity index is 1.49. The Morgan fingerprint density at radius 2 is 2.00 bits per heavy atom. The van der Waals surface area contributed by atoms with E-state index in [1.807, 2.05) is 58.5 Å². The van der Waals surface area contributed by atoms with Crippen molar-refractivity contribution in [1.82, 2.24) is 39.3 Å². The van der Waals surface area contributed by atoms with E-state index in [9.17, 15) is 0 Å². The van der Waals surface area contributed by atoms with E-state index < -0.39 is 0 Å². The summed E-state index contributed by atoms with van der Waals surface area (Å²) in [7, 11) is 1.94. The minimum absolute atomic E-state index is 0.511. The van der Waals surface area contributed by atoms with Crippen LogP contribution in [0.3, 0.4) is 0 Å². The summed E-state index contributed by atoms with van der Waals surface area (Å²) in [4.78, 5) is 4.91. The first-order valence-corrected chi connectivity index (χ1v) is 11.1. The molecule has 0 unspecified atom stereocenters. The second-order valence-corrected chi connectivity index (χ2v) is 8.73. The highest BCUT2D eigenvalue weighted by Gasteiger charge is 2.28. The fourth-order valence-corrected chi connectivity index (χ4v) is 4.51. The van der Waals surface area contributed by atoms with Crippen molar-refractivity contribution in [1.29, 1.82) is 0 Å². The van der Waals surface area contributed by atoms with E-state index in [1.54, 1.807) is 0 Å². The summed E-state index contributed by atoms with van der Waals surface area (Å²) in [5.41, 5.74) is 5.94. The van der Waals surface area contributed by atoms with Gasteiger partial charge < -0.3 is 0 Å². The summed E-state index contributed by atoms with van der Waals surface area (Å²) in [6, 6.07) is 12.4. The fraction of sp³-hybridized carbons (Fsp3) is 0.261. The number of aryl methyl sites for hydroxylation is 2. The van der Waals surface area contributed by atoms with E-state index in [0.717, 1.165) is 39.5 Å². The summed E-state index contributed by atoms with van der Waals surface area (Å²) < 4.78 is 6.24. The van der Waals surface area contributed by atoms with Crippen LogP contribution in [-0.2, 0) is 13.6 Å². The maximum atomic E-state index is 5.62. The quantitative estimate of drug-likeness (QED) is 0.410. The van der Waals surface area contributed by atoms with Crippen LogP contribution >= 0.6 is 12.2 Å². The molecule has 32 heavy (non-hydrogen) atoms. The van der Waals surface area contributed by atoms with Gasteiger partial charge in [0, 0.05) is 30.4 Å². The number of fused-ring (bicyclic) bond motifs is 1. The third-order valence-electron chi connectivity index (χ3n) is 5.96. The second kappa shape index (κ2) is 7.23. The molecule has 0 bridgehead atoms. The molecule has 0 radical (unpaired) electrons. The number of hydrogen-bond acceptors (Lipinski definition) is 5. The molecule has 1 aliphatic rings. The maximum Gasteiger partial charge on any atom is 0.200 e. The molecule has 1 fully saturated rings. The van der Waals surface area contributed by atoms with Gasteiger partial charge in [-0.3, -0.25) is 19.0 Å². The van der Waals surface area contributed by atoms with E-state index in [4.69, 9.17) is 17.2 Å². The first-order chi connectivity index (χ1) is 15.6. The Morgan fingerprint density at radius 1 is 1.19 bits per heavy atom. The van der Waals surface area contributed by atoms with Crippen molar-refractivity contribution in [2.45, 2.75) is 32.2 Å². The number of rotatable bonds is 5. The number of pyridine rings is 1. The maximum absolute atomic E-state index is 5.62. The van der Waals surface area contributed by atoms with Crippen LogP contribution in [-0.4, -0.2) is 39.3 Å². The van der Waals surface area contributed by atoms with Crippen LogP contribution in [0.2, 0.25) is 0 Å². The van der Waals surface area contributed by atoms with Crippen LogP contribution in [0.1, 0.15) is 35.7 Å². The van der Waals surface area contributed by atoms with Gasteiger partial charge in [0.2, 0.25) is 0 Å². The standard InChI is InChI=1S/C23H22N8S/c1-14-20-18(10-19(16-8-9-16)25-22(20)29(2)28-14)21-26-27-23(32)31(21)17-11-24-30(13-17)12-15-6-4-3-5-7-15/h3-7,10-11,13,16H,8-9,12H2,1-2H3,(H,27,32). The van der Waals surface area contributed by atoms with Gasteiger partial charge >= 0.3 is 0 Å². The van der Waals surface area contributed by atoms with Crippen molar-refractivity contribution < 1.29 is 0 Å². The summed E-state index contributed by atoms with van der Waals surface area (Å²) in [5.74, 6) is 1.26. The average Bonchev–Trinajstić information content (AvgIpc) is 3.33. The monoisotopic (exact) mass is 442 g/mol. The Labute approximate surface area is 189 Å². The lowest BCUT2D eigenvalue weighted by Crippen LogP contribution is -2.01. The lowest BCUT2D eigenvalue weighted by atomic mass is 10.1. The molecule has 8 nitrogen and oxygen atoms in total. The number of nitrogens with one attached hydrogen (secondary N) is 1. The molecule has 1 N–H and O–H groups in total. The van der Waals surface area contributed by atoms with Gasteiger partial charge in [-0.1, -0.05) is 30.3 Å². The van der Waals surface area contributed by atoms with Crippen LogP contribution in [0.15, 0.2) is 48.8 Å². The minimum atomic E-state index is 0.511. The van der Waals surface area contributed by atoms with Gasteiger partial charge in [-0.25, -0.2) is 4.98 Å². The van der Waals surface area contributed by atoms with Crippen LogP contribution in [0.25, 0.3) is 28.1 Å². The van der Waals surface area contributed by atoms with Crippen LogP contribution in [0, 0.1) is 11.7 Å². The van der Waals surface area contributed by atoms with Crippen molar-refractivity contribution in [2.24, 2.45) is 7.05 Å². The molecule has 9 heteroatoms. The largest absolute Gasteiger partial charge is 0.266 e. The van der Waals surface area contributed by atoms with E-state index in [-0.39, 0.29) is 0 Å². The third kappa shape index (κ3) is 3.16. The van der Waals surface area contributed by atoms with Gasteiger partial charge in [0.05, 0.1) is 29.5 Å². The zero-order valence-corrected chi connectivity index (χ0v) is 18.7. The van der Waals surface area contributed by atoms with Gasteiger partial charge in [-0.05, 0) is 43.6 Å². The number of aromatic nitrogens is 8. The Morgan fingerprint density at radius 3 is 2.78 bits per heavy atom. The van der Waals surface area contributed by atoms with Crippen molar-refractivity contribution in [3.8, 4) is 17.1 Å². The molecule has 1 aliphatic carbocycles. The number of aromatic amines is 1. The fourth-order valence-electron chi connectivity index (χ4n) is 4.27. The van der Waals surface area contributed by atoms with Crippen molar-refractivity contribution in [2.75, 3.05) is 0 Å². The van der Waals surface area contributed by atoms with Crippen molar-refractivity contribution in [3.05, 3.63) is 70.5 Å². The molecule has 5 aromatic rings. The minimum Gasteiger partial charge on any atom is -0.266 e. The number of benzene rings is 1. The second-order valence-electron chi connectivity index (χ2n) is 8.35. The predicted molar refractivity (Wildman–Crippen MR) is 124 cm³/mol. The first-order valence-electron chi connectivity index (χ1n) is 10.7. The molecular formula is C23H22N8S. The molecule has 1 aromatic carbocycles. The number of hydrogen-bond donors (Lipinski definition) is 1.